The number of H-pyrrole nitrogens is 1. The van der Waals surface area contributed by atoms with Gasteiger partial charge in [0.25, 0.3) is 5.56 Å². The Kier molecular flexibility index (Phi) is 5.16. The molecule has 0 saturated heterocycles. The van der Waals surface area contributed by atoms with Gasteiger partial charge in [-0.25, -0.2) is 4.98 Å². The van der Waals surface area contributed by atoms with Crippen LogP contribution >= 0.6 is 11.3 Å². The number of anilines is 2. The molecule has 1 aromatic carbocycles. The Balaban J connectivity index is 1.53. The molecular weight excluding hydrogens is 390 g/mol. The fraction of sp³-hybridized carbons (Fsp3) is 0.300. The van der Waals surface area contributed by atoms with Gasteiger partial charge in [-0.3, -0.25) is 19.3 Å². The minimum Gasteiger partial charge on any atom is -0.324 e. The zero-order valence-electron chi connectivity index (χ0n) is 16.1. The predicted molar refractivity (Wildman–Crippen MR) is 113 cm³/mol. The average Bonchev–Trinajstić information content (AvgIpc) is 3.07. The van der Waals surface area contributed by atoms with E-state index >= 15 is 0 Å². The van der Waals surface area contributed by atoms with E-state index in [1.165, 1.54) is 11.3 Å². The Labute approximate surface area is 171 Å². The number of amides is 2. The van der Waals surface area contributed by atoms with E-state index in [2.05, 4.69) is 15.3 Å². The first-order chi connectivity index (χ1) is 13.9. The van der Waals surface area contributed by atoms with Gasteiger partial charge in [-0.2, -0.15) is 0 Å². The van der Waals surface area contributed by atoms with Gasteiger partial charge < -0.3 is 15.2 Å². The lowest BCUT2D eigenvalue weighted by Gasteiger charge is -2.29. The van der Waals surface area contributed by atoms with Crippen molar-refractivity contribution in [2.75, 3.05) is 23.8 Å². The molecule has 0 radical (unpaired) electrons. The summed E-state index contributed by atoms with van der Waals surface area (Å²) in [4.78, 5) is 48.1. The Morgan fingerprint density at radius 2 is 2.10 bits per heavy atom. The van der Waals surface area contributed by atoms with Crippen molar-refractivity contribution in [1.29, 1.82) is 0 Å². The molecule has 2 aromatic heterocycles. The van der Waals surface area contributed by atoms with Crippen molar-refractivity contribution >= 4 is 44.7 Å². The lowest BCUT2D eigenvalue weighted by Crippen LogP contribution is -2.44. The first-order valence-corrected chi connectivity index (χ1v) is 10.2. The van der Waals surface area contributed by atoms with Crippen LogP contribution in [0.2, 0.25) is 0 Å². The van der Waals surface area contributed by atoms with Gasteiger partial charge in [-0.1, -0.05) is 12.1 Å². The van der Waals surface area contributed by atoms with Gasteiger partial charge in [-0.15, -0.1) is 11.3 Å². The Hall–Kier alpha value is -3.04. The van der Waals surface area contributed by atoms with Crippen molar-refractivity contribution in [3.63, 3.8) is 0 Å². The lowest BCUT2D eigenvalue weighted by molar-refractivity contribution is -0.120. The fourth-order valence-electron chi connectivity index (χ4n) is 3.58. The molecule has 3 heterocycles. The summed E-state index contributed by atoms with van der Waals surface area (Å²) in [5.41, 5.74) is 1.81. The summed E-state index contributed by atoms with van der Waals surface area (Å²) >= 11 is 1.35. The number of hydrogen-bond donors (Lipinski definition) is 2. The number of nitrogens with one attached hydrogen (secondary N) is 2. The Morgan fingerprint density at radius 1 is 1.31 bits per heavy atom. The van der Waals surface area contributed by atoms with Gasteiger partial charge in [0, 0.05) is 12.5 Å². The third-order valence-corrected chi connectivity index (χ3v) is 5.72. The number of carbonyl (C=O) groups is 2. The molecule has 0 saturated carbocycles. The molecule has 1 aliphatic heterocycles. The van der Waals surface area contributed by atoms with Crippen LogP contribution in [0.1, 0.15) is 19.2 Å². The third kappa shape index (κ3) is 3.92. The minimum atomic E-state index is -0.264. The van der Waals surface area contributed by atoms with E-state index in [9.17, 15) is 14.4 Å². The van der Waals surface area contributed by atoms with Gasteiger partial charge in [0.2, 0.25) is 11.8 Å². The first kappa shape index (κ1) is 19.3. The van der Waals surface area contributed by atoms with Crippen LogP contribution < -0.4 is 15.8 Å². The number of carbonyl (C=O) groups excluding carboxylic acids is 2. The first-order valence-electron chi connectivity index (χ1n) is 9.28. The number of para-hydroxylation sites is 2. The quantitative estimate of drug-likeness (QED) is 0.686. The minimum absolute atomic E-state index is 0.112. The molecular formula is C20H21N5O3S. The van der Waals surface area contributed by atoms with E-state index in [0.29, 0.717) is 34.0 Å². The Morgan fingerprint density at radius 3 is 2.93 bits per heavy atom. The van der Waals surface area contributed by atoms with E-state index in [4.69, 9.17) is 0 Å². The van der Waals surface area contributed by atoms with Crippen molar-refractivity contribution in [3.8, 4) is 0 Å². The topological polar surface area (TPSA) is 98.4 Å². The van der Waals surface area contributed by atoms with E-state index < -0.39 is 0 Å². The molecule has 1 atom stereocenters. The SMILES string of the molecule is CC1CC(=O)Nc2ccccc2N1C(=O)CN(C)Cc1nc2ccsc2c(=O)[nH]1. The van der Waals surface area contributed by atoms with Crippen molar-refractivity contribution in [3.05, 3.63) is 51.9 Å². The molecule has 0 aliphatic carbocycles. The number of aromatic amines is 1. The van der Waals surface area contributed by atoms with Crippen LogP contribution in [0.25, 0.3) is 10.2 Å². The number of nitrogens with zero attached hydrogens (tertiary/aromatic N) is 3. The maximum Gasteiger partial charge on any atom is 0.268 e. The molecule has 2 amide bonds. The molecule has 29 heavy (non-hydrogen) atoms. The molecule has 0 fully saturated rings. The van der Waals surface area contributed by atoms with Gasteiger partial charge in [0.1, 0.15) is 10.5 Å². The summed E-state index contributed by atoms with van der Waals surface area (Å²) in [5, 5.41) is 4.69. The van der Waals surface area contributed by atoms with Crippen molar-refractivity contribution < 1.29 is 9.59 Å². The number of benzene rings is 1. The summed E-state index contributed by atoms with van der Waals surface area (Å²) in [6.07, 6.45) is 0.230. The van der Waals surface area contributed by atoms with Crippen molar-refractivity contribution in [2.24, 2.45) is 0 Å². The van der Waals surface area contributed by atoms with Gasteiger partial charge in [0.15, 0.2) is 0 Å². The molecule has 1 unspecified atom stereocenters. The van der Waals surface area contributed by atoms with Gasteiger partial charge >= 0.3 is 0 Å². The normalized spacial score (nSPS) is 16.6. The van der Waals surface area contributed by atoms with Crippen LogP contribution in [0.4, 0.5) is 11.4 Å². The van der Waals surface area contributed by atoms with E-state index in [0.717, 1.165) is 0 Å². The summed E-state index contributed by atoms with van der Waals surface area (Å²) in [5.74, 6) is 0.278. The van der Waals surface area contributed by atoms with Gasteiger partial charge in [-0.05, 0) is 37.6 Å². The highest BCUT2D eigenvalue weighted by atomic mass is 32.1. The summed E-state index contributed by atoms with van der Waals surface area (Å²) in [6, 6.07) is 8.84. The second-order valence-electron chi connectivity index (χ2n) is 7.20. The monoisotopic (exact) mass is 411 g/mol. The van der Waals surface area contributed by atoms with Crippen LogP contribution in [0.3, 0.4) is 0 Å². The Bertz CT molecular complexity index is 1140. The highest BCUT2D eigenvalue weighted by Crippen LogP contribution is 2.31. The van der Waals surface area contributed by atoms with E-state index in [1.807, 2.05) is 36.6 Å². The number of fused-ring (bicyclic) bond motifs is 2. The zero-order valence-corrected chi connectivity index (χ0v) is 17.0. The second-order valence-corrected chi connectivity index (χ2v) is 8.12. The molecule has 2 N–H and O–H groups in total. The average molecular weight is 411 g/mol. The third-order valence-electron chi connectivity index (χ3n) is 4.82. The summed E-state index contributed by atoms with van der Waals surface area (Å²) in [7, 11) is 1.80. The van der Waals surface area contributed by atoms with Crippen molar-refractivity contribution in [1.82, 2.24) is 14.9 Å². The van der Waals surface area contributed by atoms with Crippen LogP contribution in [0, 0.1) is 0 Å². The summed E-state index contributed by atoms with van der Waals surface area (Å²) < 4.78 is 0.597. The van der Waals surface area contributed by atoms with E-state index in [-0.39, 0.29) is 36.4 Å². The van der Waals surface area contributed by atoms with Crippen LogP contribution in [0.15, 0.2) is 40.5 Å². The second kappa shape index (κ2) is 7.76. The van der Waals surface area contributed by atoms with Crippen LogP contribution in [-0.4, -0.2) is 46.3 Å². The number of hydrogen-bond acceptors (Lipinski definition) is 6. The molecule has 3 aromatic rings. The van der Waals surface area contributed by atoms with Gasteiger partial charge in [0.05, 0.1) is 30.0 Å². The molecule has 8 nitrogen and oxygen atoms in total. The standard InChI is InChI=1S/C20H21N5O3S/c1-12-9-17(26)22-13-5-3-4-6-15(13)25(12)18(27)11-24(2)10-16-21-14-7-8-29-19(14)20(28)23-16/h3-8,12H,9-11H2,1-2H3,(H,22,26)(H,21,23,28). The molecule has 0 bridgehead atoms. The molecule has 150 valence electrons. The fourth-order valence-corrected chi connectivity index (χ4v) is 4.31. The highest BCUT2D eigenvalue weighted by Gasteiger charge is 2.30. The van der Waals surface area contributed by atoms with E-state index in [1.54, 1.807) is 22.9 Å². The summed E-state index contributed by atoms with van der Waals surface area (Å²) in [6.45, 7) is 2.31. The lowest BCUT2D eigenvalue weighted by atomic mass is 10.1. The smallest absolute Gasteiger partial charge is 0.268 e. The number of thiophene rings is 1. The number of rotatable bonds is 4. The van der Waals surface area contributed by atoms with Crippen LogP contribution in [0.5, 0.6) is 0 Å². The van der Waals surface area contributed by atoms with Crippen molar-refractivity contribution in [2.45, 2.75) is 25.9 Å². The van der Waals surface area contributed by atoms with Crippen LogP contribution in [-0.2, 0) is 16.1 Å². The molecule has 0 spiro atoms. The zero-order chi connectivity index (χ0) is 20.5. The molecule has 9 heteroatoms. The number of aromatic nitrogens is 2. The highest BCUT2D eigenvalue weighted by molar-refractivity contribution is 7.17. The molecule has 4 rings (SSSR count). The molecule has 1 aliphatic rings. The maximum atomic E-state index is 13.1. The maximum absolute atomic E-state index is 13.1. The largest absolute Gasteiger partial charge is 0.324 e. The predicted octanol–water partition coefficient (Wildman–Crippen LogP) is 2.18. The number of likely N-dealkylation sites (N-methyl/N-ethyl adjacent to an activating group) is 1.